The van der Waals surface area contributed by atoms with E-state index in [1.54, 1.807) is 4.88 Å². The zero-order valence-corrected chi connectivity index (χ0v) is 16.4. The third-order valence-electron chi connectivity index (χ3n) is 4.55. The molecule has 2 aromatic rings. The minimum atomic E-state index is 0.672. The van der Waals surface area contributed by atoms with E-state index in [1.165, 1.54) is 12.0 Å². The molecule has 0 spiro atoms. The normalized spacial score (nSPS) is 14.8. The van der Waals surface area contributed by atoms with Crippen LogP contribution < -0.4 is 15.4 Å². The largest absolute Gasteiger partial charge is 0.494 e. The average molecular weight is 373 g/mol. The number of thiophene rings is 1. The molecular formula is C20H28N4OS. The van der Waals surface area contributed by atoms with Crippen LogP contribution >= 0.6 is 11.3 Å². The molecule has 1 aliphatic heterocycles. The van der Waals surface area contributed by atoms with Crippen molar-refractivity contribution in [3.05, 3.63) is 51.7 Å². The summed E-state index contributed by atoms with van der Waals surface area (Å²) in [6, 6.07) is 10.4. The van der Waals surface area contributed by atoms with Gasteiger partial charge in [0.15, 0.2) is 5.96 Å². The second-order valence-corrected chi connectivity index (χ2v) is 7.29. The van der Waals surface area contributed by atoms with Gasteiger partial charge in [-0.1, -0.05) is 18.2 Å². The lowest BCUT2D eigenvalue weighted by Gasteiger charge is -2.27. The molecule has 140 valence electrons. The molecule has 6 heteroatoms. The van der Waals surface area contributed by atoms with Gasteiger partial charge in [0.1, 0.15) is 5.75 Å². The molecule has 2 N–H and O–H groups in total. The van der Waals surface area contributed by atoms with Crippen LogP contribution in [0.1, 0.15) is 22.9 Å². The third kappa shape index (κ3) is 4.99. The summed E-state index contributed by atoms with van der Waals surface area (Å²) in [7, 11) is 1.81. The van der Waals surface area contributed by atoms with Crippen LogP contribution in [0, 0.1) is 0 Å². The Morgan fingerprint density at radius 1 is 1.27 bits per heavy atom. The maximum absolute atomic E-state index is 5.68. The lowest BCUT2D eigenvalue weighted by atomic mass is 10.1. The van der Waals surface area contributed by atoms with Gasteiger partial charge in [-0.05, 0) is 36.4 Å². The number of benzene rings is 1. The van der Waals surface area contributed by atoms with E-state index in [4.69, 9.17) is 4.74 Å². The van der Waals surface area contributed by atoms with Gasteiger partial charge in [0.05, 0.1) is 6.61 Å². The van der Waals surface area contributed by atoms with Gasteiger partial charge >= 0.3 is 0 Å². The van der Waals surface area contributed by atoms with Gasteiger partial charge in [0.2, 0.25) is 0 Å². The highest BCUT2D eigenvalue weighted by Gasteiger charge is 2.16. The van der Waals surface area contributed by atoms with Crippen molar-refractivity contribution in [2.45, 2.75) is 26.4 Å². The topological polar surface area (TPSA) is 48.9 Å². The molecule has 5 nitrogen and oxygen atoms in total. The highest BCUT2D eigenvalue weighted by molar-refractivity contribution is 7.10. The van der Waals surface area contributed by atoms with Crippen LogP contribution in [0.2, 0.25) is 0 Å². The summed E-state index contributed by atoms with van der Waals surface area (Å²) in [5, 5.41) is 9.00. The van der Waals surface area contributed by atoms with Gasteiger partial charge < -0.3 is 15.4 Å². The Bertz CT molecular complexity index is 728. The molecule has 0 bridgehead atoms. The van der Waals surface area contributed by atoms with Crippen LogP contribution in [-0.4, -0.2) is 44.1 Å². The summed E-state index contributed by atoms with van der Waals surface area (Å²) in [6.07, 6.45) is 1.17. The first-order valence-electron chi connectivity index (χ1n) is 9.23. The number of hydrogen-bond donors (Lipinski definition) is 2. The van der Waals surface area contributed by atoms with Crippen molar-refractivity contribution in [1.29, 1.82) is 0 Å². The van der Waals surface area contributed by atoms with Gasteiger partial charge in [-0.15, -0.1) is 11.3 Å². The third-order valence-corrected chi connectivity index (χ3v) is 5.57. The quantitative estimate of drug-likeness (QED) is 0.580. The zero-order valence-electron chi connectivity index (χ0n) is 15.6. The SMILES string of the molecule is CCOc1ccccc1CNC(=NC)NCCN1CCc2sccc2C1. The number of para-hydroxylation sites is 1. The monoisotopic (exact) mass is 372 g/mol. The molecule has 0 aliphatic carbocycles. The van der Waals surface area contributed by atoms with E-state index in [1.807, 2.05) is 43.5 Å². The second kappa shape index (κ2) is 9.59. The van der Waals surface area contributed by atoms with Crippen LogP contribution in [0.3, 0.4) is 0 Å². The Hall–Kier alpha value is -2.05. The lowest BCUT2D eigenvalue weighted by Crippen LogP contribution is -2.42. The Morgan fingerprint density at radius 2 is 2.15 bits per heavy atom. The van der Waals surface area contributed by atoms with Crippen molar-refractivity contribution in [3.8, 4) is 5.75 Å². The predicted octanol–water partition coefficient (Wildman–Crippen LogP) is 2.87. The summed E-state index contributed by atoms with van der Waals surface area (Å²) >= 11 is 1.89. The van der Waals surface area contributed by atoms with Crippen molar-refractivity contribution in [3.63, 3.8) is 0 Å². The van der Waals surface area contributed by atoms with Gasteiger partial charge in [-0.2, -0.15) is 0 Å². The van der Waals surface area contributed by atoms with Crippen LogP contribution in [0.5, 0.6) is 5.75 Å². The fraction of sp³-hybridized carbons (Fsp3) is 0.450. The molecule has 3 rings (SSSR count). The van der Waals surface area contributed by atoms with Gasteiger partial charge in [0.25, 0.3) is 0 Å². The molecule has 0 saturated carbocycles. The number of nitrogens with one attached hydrogen (secondary N) is 2. The summed E-state index contributed by atoms with van der Waals surface area (Å²) in [6.45, 7) is 7.48. The van der Waals surface area contributed by atoms with E-state index in [9.17, 15) is 0 Å². The van der Waals surface area contributed by atoms with E-state index < -0.39 is 0 Å². The van der Waals surface area contributed by atoms with E-state index in [-0.39, 0.29) is 0 Å². The highest BCUT2D eigenvalue weighted by atomic mass is 32.1. The van der Waals surface area contributed by atoms with Crippen molar-refractivity contribution < 1.29 is 4.74 Å². The van der Waals surface area contributed by atoms with Crippen molar-refractivity contribution in [2.24, 2.45) is 4.99 Å². The van der Waals surface area contributed by atoms with Crippen LogP contribution in [0.15, 0.2) is 40.7 Å². The predicted molar refractivity (Wildman–Crippen MR) is 109 cm³/mol. The molecule has 26 heavy (non-hydrogen) atoms. The number of ether oxygens (including phenoxy) is 1. The molecule has 0 amide bonds. The van der Waals surface area contributed by atoms with Crippen molar-refractivity contribution >= 4 is 17.3 Å². The summed E-state index contributed by atoms with van der Waals surface area (Å²) < 4.78 is 5.68. The Kier molecular flexibility index (Phi) is 6.91. The fourth-order valence-corrected chi connectivity index (χ4v) is 4.07. The van der Waals surface area contributed by atoms with Crippen molar-refractivity contribution in [2.75, 3.05) is 33.3 Å². The molecule has 0 fully saturated rings. The number of guanidine groups is 1. The minimum absolute atomic E-state index is 0.672. The summed E-state index contributed by atoms with van der Waals surface area (Å²) in [5.41, 5.74) is 2.63. The number of nitrogens with zero attached hydrogens (tertiary/aromatic N) is 2. The fourth-order valence-electron chi connectivity index (χ4n) is 3.18. The van der Waals surface area contributed by atoms with Gasteiger partial charge in [-0.25, -0.2) is 0 Å². The summed E-state index contributed by atoms with van der Waals surface area (Å²) in [4.78, 5) is 8.38. The van der Waals surface area contributed by atoms with E-state index in [0.717, 1.165) is 43.5 Å². The average Bonchev–Trinajstić information content (AvgIpc) is 3.13. The smallest absolute Gasteiger partial charge is 0.191 e. The molecule has 1 aromatic carbocycles. The summed E-state index contributed by atoms with van der Waals surface area (Å²) in [5.74, 6) is 1.75. The van der Waals surface area contributed by atoms with E-state index in [0.29, 0.717) is 13.2 Å². The second-order valence-electron chi connectivity index (χ2n) is 6.29. The molecule has 1 aliphatic rings. The number of aliphatic imine (C=N–C) groups is 1. The number of fused-ring (bicyclic) bond motifs is 1. The standard InChI is InChI=1S/C20H28N4OS/c1-3-25-18-7-5-4-6-16(18)14-23-20(21-2)22-10-12-24-11-8-19-17(15-24)9-13-26-19/h4-7,9,13H,3,8,10-12,14-15H2,1-2H3,(H2,21,22,23). The minimum Gasteiger partial charge on any atom is -0.494 e. The lowest BCUT2D eigenvalue weighted by molar-refractivity contribution is 0.260. The van der Waals surface area contributed by atoms with E-state index in [2.05, 4.69) is 38.0 Å². The Balaban J connectivity index is 1.43. The highest BCUT2D eigenvalue weighted by Crippen LogP contribution is 2.23. The molecule has 2 heterocycles. The Morgan fingerprint density at radius 3 is 3.00 bits per heavy atom. The maximum Gasteiger partial charge on any atom is 0.191 e. The first-order valence-corrected chi connectivity index (χ1v) is 10.1. The molecule has 0 saturated heterocycles. The first-order chi connectivity index (χ1) is 12.8. The number of rotatable bonds is 7. The van der Waals surface area contributed by atoms with Crippen LogP contribution in [-0.2, 0) is 19.5 Å². The molecule has 0 radical (unpaired) electrons. The molecule has 0 unspecified atom stereocenters. The van der Waals surface area contributed by atoms with E-state index >= 15 is 0 Å². The van der Waals surface area contributed by atoms with Crippen LogP contribution in [0.4, 0.5) is 0 Å². The van der Waals surface area contributed by atoms with Gasteiger partial charge in [0, 0.05) is 50.2 Å². The van der Waals surface area contributed by atoms with Crippen LogP contribution in [0.25, 0.3) is 0 Å². The Labute approximate surface area is 160 Å². The maximum atomic E-state index is 5.68. The number of hydrogen-bond acceptors (Lipinski definition) is 4. The zero-order chi connectivity index (χ0) is 18.2. The molecule has 1 aromatic heterocycles. The molecule has 0 atom stereocenters. The first kappa shape index (κ1) is 18.7. The van der Waals surface area contributed by atoms with Crippen molar-refractivity contribution in [1.82, 2.24) is 15.5 Å². The van der Waals surface area contributed by atoms with Gasteiger partial charge in [-0.3, -0.25) is 9.89 Å². The molecular weight excluding hydrogens is 344 g/mol.